The van der Waals surface area contributed by atoms with Crippen LogP contribution in [0.25, 0.3) is 0 Å². The van der Waals surface area contributed by atoms with Gasteiger partial charge in [0.2, 0.25) is 0 Å². The van der Waals surface area contributed by atoms with Crippen molar-refractivity contribution in [2.75, 3.05) is 19.7 Å². The second-order valence-corrected chi connectivity index (χ2v) is 11.8. The Labute approximate surface area is 161 Å². The largest absolute Gasteiger partial charge is 0.591 e. The zero-order chi connectivity index (χ0) is 20.0. The van der Waals surface area contributed by atoms with Gasteiger partial charge in [0.05, 0.1) is 6.61 Å². The maximum atomic E-state index is 12.6. The number of carbonyl (C=O) groups excluding carboxylic acids is 1. The Balaban J connectivity index is 2.17. The van der Waals surface area contributed by atoms with Crippen LogP contribution in [0.4, 0.5) is 4.79 Å². The molecule has 2 rings (SSSR count). The van der Waals surface area contributed by atoms with Crippen LogP contribution in [0.1, 0.15) is 68.2 Å². The smallest absolute Gasteiger partial charge is 0.410 e. The topological polar surface area (TPSA) is 74.2 Å². The standard InChI is InChI=1S/C19H34N2O4S/c1-16(2,3)25-15(22)21-11-9-19(10-12-21)14(18(7,8)13-24-19)20-26(23)17(4,5)6/h9-13H2,1-8H3/t26-/m0/s1. The molecule has 0 unspecified atom stereocenters. The number of hydrogen-bond acceptors (Lipinski definition) is 5. The highest BCUT2D eigenvalue weighted by Gasteiger charge is 2.54. The molecule has 1 spiro atoms. The first kappa shape index (κ1) is 21.5. The van der Waals surface area contributed by atoms with Crippen LogP contribution in [0.15, 0.2) is 4.40 Å². The van der Waals surface area contributed by atoms with Gasteiger partial charge in [-0.1, -0.05) is 18.2 Å². The van der Waals surface area contributed by atoms with E-state index in [2.05, 4.69) is 18.2 Å². The van der Waals surface area contributed by atoms with Crippen molar-refractivity contribution in [1.29, 1.82) is 0 Å². The van der Waals surface area contributed by atoms with E-state index in [0.717, 1.165) is 5.71 Å². The van der Waals surface area contributed by atoms with Gasteiger partial charge in [-0.2, -0.15) is 0 Å². The lowest BCUT2D eigenvalue weighted by molar-refractivity contribution is -0.0287. The highest BCUT2D eigenvalue weighted by molar-refractivity contribution is 7.91. The predicted molar refractivity (Wildman–Crippen MR) is 105 cm³/mol. The molecule has 0 aromatic heterocycles. The average Bonchev–Trinajstić information content (AvgIpc) is 2.70. The summed E-state index contributed by atoms with van der Waals surface area (Å²) in [6.07, 6.45) is 1.01. The summed E-state index contributed by atoms with van der Waals surface area (Å²) >= 11 is -1.33. The Hall–Kier alpha value is -0.790. The SMILES string of the molecule is CC(C)(C)OC(=O)N1CCC2(CC1)OCC(C)(C)C2=N[S@@+]([O-])C(C)(C)C. The van der Waals surface area contributed by atoms with E-state index in [0.29, 0.717) is 32.5 Å². The summed E-state index contributed by atoms with van der Waals surface area (Å²) in [5.74, 6) is 0. The van der Waals surface area contributed by atoms with Crippen LogP contribution in [0.5, 0.6) is 0 Å². The molecule has 2 fully saturated rings. The van der Waals surface area contributed by atoms with Crippen molar-refractivity contribution in [2.24, 2.45) is 9.81 Å². The van der Waals surface area contributed by atoms with Gasteiger partial charge in [0.15, 0.2) is 0 Å². The summed E-state index contributed by atoms with van der Waals surface area (Å²) < 4.78 is 28.6. The van der Waals surface area contributed by atoms with Crippen LogP contribution < -0.4 is 0 Å². The van der Waals surface area contributed by atoms with E-state index >= 15 is 0 Å². The van der Waals surface area contributed by atoms with Crippen molar-refractivity contribution in [3.05, 3.63) is 0 Å². The van der Waals surface area contributed by atoms with Gasteiger partial charge in [-0.15, -0.1) is 0 Å². The fourth-order valence-corrected chi connectivity index (χ4v) is 4.11. The second-order valence-electron chi connectivity index (χ2n) is 9.94. The zero-order valence-corrected chi connectivity index (χ0v) is 18.3. The third kappa shape index (κ3) is 4.73. The first-order chi connectivity index (χ1) is 11.7. The van der Waals surface area contributed by atoms with Gasteiger partial charge in [0, 0.05) is 18.5 Å². The van der Waals surface area contributed by atoms with Crippen molar-refractivity contribution in [2.45, 2.75) is 84.2 Å². The van der Waals surface area contributed by atoms with E-state index in [1.165, 1.54) is 0 Å². The Morgan fingerprint density at radius 1 is 1.19 bits per heavy atom. The number of carbonyl (C=O) groups is 1. The van der Waals surface area contributed by atoms with Crippen molar-refractivity contribution in [1.82, 2.24) is 4.90 Å². The van der Waals surface area contributed by atoms with Gasteiger partial charge in [0.1, 0.15) is 33.0 Å². The predicted octanol–water partition coefficient (Wildman–Crippen LogP) is 3.72. The minimum atomic E-state index is -1.33. The Kier molecular flexibility index (Phi) is 5.78. The van der Waals surface area contributed by atoms with Crippen LogP contribution in [0.3, 0.4) is 0 Å². The lowest BCUT2D eigenvalue weighted by Gasteiger charge is -2.39. The molecular formula is C19H34N2O4S. The molecule has 2 saturated heterocycles. The van der Waals surface area contributed by atoms with Crippen molar-refractivity contribution < 1.29 is 18.8 Å². The molecule has 2 aliphatic rings. The molecule has 1 atom stereocenters. The van der Waals surface area contributed by atoms with E-state index in [9.17, 15) is 9.35 Å². The van der Waals surface area contributed by atoms with E-state index in [1.54, 1.807) is 4.90 Å². The van der Waals surface area contributed by atoms with E-state index in [1.807, 2.05) is 41.5 Å². The minimum Gasteiger partial charge on any atom is -0.591 e. The number of likely N-dealkylation sites (tertiary alicyclic amines) is 1. The summed E-state index contributed by atoms with van der Waals surface area (Å²) in [7, 11) is 0. The first-order valence-corrected chi connectivity index (χ1v) is 10.4. The lowest BCUT2D eigenvalue weighted by Crippen LogP contribution is -2.52. The summed E-state index contributed by atoms with van der Waals surface area (Å²) in [5, 5.41) is 0. The highest BCUT2D eigenvalue weighted by atomic mass is 32.2. The highest BCUT2D eigenvalue weighted by Crippen LogP contribution is 2.43. The lowest BCUT2D eigenvalue weighted by atomic mass is 9.77. The molecule has 0 N–H and O–H groups in total. The van der Waals surface area contributed by atoms with Crippen LogP contribution >= 0.6 is 0 Å². The van der Waals surface area contributed by atoms with Crippen LogP contribution in [-0.2, 0) is 20.8 Å². The number of piperidine rings is 1. The number of ether oxygens (including phenoxy) is 2. The Morgan fingerprint density at radius 3 is 2.19 bits per heavy atom. The second kappa shape index (κ2) is 6.99. The maximum Gasteiger partial charge on any atom is 0.410 e. The number of amides is 1. The normalized spacial score (nSPS) is 25.6. The van der Waals surface area contributed by atoms with Gasteiger partial charge in [0.25, 0.3) is 0 Å². The molecule has 2 aliphatic heterocycles. The maximum absolute atomic E-state index is 12.6. The average molecular weight is 387 g/mol. The number of hydrogen-bond donors (Lipinski definition) is 0. The zero-order valence-electron chi connectivity index (χ0n) is 17.5. The molecule has 6 nitrogen and oxygen atoms in total. The fraction of sp³-hybridized carbons (Fsp3) is 0.895. The van der Waals surface area contributed by atoms with Crippen molar-refractivity contribution in [3.8, 4) is 0 Å². The van der Waals surface area contributed by atoms with E-state index < -0.39 is 27.3 Å². The summed E-state index contributed by atoms with van der Waals surface area (Å²) in [6.45, 7) is 17.2. The molecule has 0 saturated carbocycles. The fourth-order valence-electron chi connectivity index (χ4n) is 3.26. The van der Waals surface area contributed by atoms with Gasteiger partial charge in [-0.05, 0) is 54.4 Å². The van der Waals surface area contributed by atoms with Gasteiger partial charge in [-0.3, -0.25) is 0 Å². The number of rotatable bonds is 1. The molecule has 0 aromatic carbocycles. The summed E-state index contributed by atoms with van der Waals surface area (Å²) in [4.78, 5) is 14.0. The van der Waals surface area contributed by atoms with Gasteiger partial charge < -0.3 is 18.9 Å². The Morgan fingerprint density at radius 2 is 1.73 bits per heavy atom. The van der Waals surface area contributed by atoms with Crippen molar-refractivity contribution in [3.63, 3.8) is 0 Å². The molecule has 0 aromatic rings. The molecule has 150 valence electrons. The Bertz CT molecular complexity index is 567. The quantitative estimate of drug-likeness (QED) is 0.644. The van der Waals surface area contributed by atoms with Crippen molar-refractivity contribution >= 4 is 23.2 Å². The van der Waals surface area contributed by atoms with E-state index in [4.69, 9.17) is 9.47 Å². The molecule has 7 heteroatoms. The molecule has 2 heterocycles. The van der Waals surface area contributed by atoms with Gasteiger partial charge in [-0.25, -0.2) is 4.79 Å². The molecule has 0 aliphatic carbocycles. The third-order valence-electron chi connectivity index (χ3n) is 4.70. The molecule has 26 heavy (non-hydrogen) atoms. The molecule has 0 bridgehead atoms. The molecule has 0 radical (unpaired) electrons. The van der Waals surface area contributed by atoms with Gasteiger partial charge >= 0.3 is 6.09 Å². The monoisotopic (exact) mass is 386 g/mol. The van der Waals surface area contributed by atoms with Crippen LogP contribution in [0, 0.1) is 5.41 Å². The van der Waals surface area contributed by atoms with Crippen LogP contribution in [0.2, 0.25) is 0 Å². The molecular weight excluding hydrogens is 352 g/mol. The summed E-state index contributed by atoms with van der Waals surface area (Å²) in [5.41, 5.74) is -0.409. The minimum absolute atomic E-state index is 0.255. The number of nitrogens with zero attached hydrogens (tertiary/aromatic N) is 2. The first-order valence-electron chi connectivity index (χ1n) is 9.30. The third-order valence-corrected chi connectivity index (χ3v) is 6.10. The van der Waals surface area contributed by atoms with Crippen LogP contribution in [-0.4, -0.2) is 56.9 Å². The summed E-state index contributed by atoms with van der Waals surface area (Å²) in [6, 6.07) is 0. The van der Waals surface area contributed by atoms with E-state index in [-0.39, 0.29) is 11.5 Å². The molecule has 1 amide bonds.